The van der Waals surface area contributed by atoms with Crippen LogP contribution in [0.2, 0.25) is 0 Å². The summed E-state index contributed by atoms with van der Waals surface area (Å²) in [6.45, 7) is 9.20. The molecule has 1 aromatic heterocycles. The molecule has 1 fully saturated rings. The van der Waals surface area contributed by atoms with Crippen molar-refractivity contribution in [1.29, 1.82) is 0 Å². The highest BCUT2D eigenvalue weighted by molar-refractivity contribution is 7.90. The molecule has 1 saturated heterocycles. The first-order valence-corrected chi connectivity index (χ1v) is 10.6. The zero-order valence-corrected chi connectivity index (χ0v) is 16.0. The van der Waals surface area contributed by atoms with E-state index >= 15 is 0 Å². The summed E-state index contributed by atoms with van der Waals surface area (Å²) < 4.78 is 24.1. The summed E-state index contributed by atoms with van der Waals surface area (Å²) in [5.41, 5.74) is 0.958. The smallest absolute Gasteiger partial charge is 0.222 e. The van der Waals surface area contributed by atoms with Gasteiger partial charge in [-0.1, -0.05) is 20.8 Å². The topological polar surface area (TPSA) is 84.0 Å². The molecule has 1 unspecified atom stereocenters. The molecule has 1 aliphatic heterocycles. The van der Waals surface area contributed by atoms with Crippen LogP contribution < -0.4 is 10.6 Å². The van der Waals surface area contributed by atoms with Gasteiger partial charge in [-0.3, -0.25) is 0 Å². The lowest BCUT2D eigenvalue weighted by Gasteiger charge is -2.24. The highest BCUT2D eigenvalue weighted by Gasteiger charge is 2.25. The minimum atomic E-state index is -3.32. The molecular weight excluding hydrogens is 324 g/mol. The Morgan fingerprint density at radius 3 is 2.71 bits per heavy atom. The van der Waals surface area contributed by atoms with E-state index in [-0.39, 0.29) is 10.8 Å². The average molecular weight is 355 g/mol. The van der Waals surface area contributed by atoms with Crippen LogP contribution >= 0.6 is 0 Å². The minimum absolute atomic E-state index is 0.126. The molecule has 2 N–H and O–H groups in total. The molecule has 0 aromatic carbocycles. The molecule has 0 aliphatic carbocycles. The number of sulfone groups is 1. The molecule has 0 saturated carbocycles. The Balaban J connectivity index is 2.13. The van der Waals surface area contributed by atoms with Crippen molar-refractivity contribution in [2.45, 2.75) is 57.3 Å². The van der Waals surface area contributed by atoms with Crippen molar-refractivity contribution in [3.63, 3.8) is 0 Å². The van der Waals surface area contributed by atoms with E-state index in [9.17, 15) is 8.42 Å². The summed E-state index contributed by atoms with van der Waals surface area (Å²) in [5.74, 6) is 0.651. The largest absolute Gasteiger partial charge is 0.354 e. The number of nitrogens with zero attached hydrogens (tertiary/aromatic N) is 2. The molecule has 136 valence electrons. The van der Waals surface area contributed by atoms with E-state index in [0.717, 1.165) is 45.3 Å². The third-order valence-corrected chi connectivity index (χ3v) is 5.37. The first-order chi connectivity index (χ1) is 11.2. The Labute approximate surface area is 145 Å². The van der Waals surface area contributed by atoms with Crippen LogP contribution in [-0.2, 0) is 9.84 Å². The molecule has 2 rings (SSSR count). The Morgan fingerprint density at radius 2 is 2.12 bits per heavy atom. The third kappa shape index (κ3) is 5.70. The highest BCUT2D eigenvalue weighted by atomic mass is 32.2. The number of anilines is 1. The predicted octanol–water partition coefficient (Wildman–Crippen LogP) is 2.59. The van der Waals surface area contributed by atoms with E-state index in [1.807, 2.05) is 0 Å². The summed E-state index contributed by atoms with van der Waals surface area (Å²) in [6.07, 6.45) is 6.81. The van der Waals surface area contributed by atoms with Crippen molar-refractivity contribution >= 4 is 15.8 Å². The molecule has 0 spiro atoms. The van der Waals surface area contributed by atoms with Gasteiger partial charge in [0.2, 0.25) is 5.95 Å². The Hall–Kier alpha value is -1.21. The molecule has 2 heterocycles. The van der Waals surface area contributed by atoms with Gasteiger partial charge in [0.1, 0.15) is 4.90 Å². The lowest BCUT2D eigenvalue weighted by atomic mass is 9.91. The Bertz CT molecular complexity index is 647. The van der Waals surface area contributed by atoms with Crippen molar-refractivity contribution < 1.29 is 8.42 Å². The van der Waals surface area contributed by atoms with E-state index in [0.29, 0.717) is 17.1 Å². The number of hydrogen-bond acceptors (Lipinski definition) is 6. The van der Waals surface area contributed by atoms with Crippen molar-refractivity contribution in [2.24, 2.45) is 5.41 Å². The fraction of sp³-hybridized carbons (Fsp3) is 0.765. The van der Waals surface area contributed by atoms with Gasteiger partial charge >= 0.3 is 0 Å². The zero-order valence-electron chi connectivity index (χ0n) is 15.2. The molecule has 6 nitrogen and oxygen atoms in total. The van der Waals surface area contributed by atoms with Gasteiger partial charge in [-0.05, 0) is 37.6 Å². The molecule has 1 atom stereocenters. The van der Waals surface area contributed by atoms with Gasteiger partial charge in [-0.2, -0.15) is 0 Å². The summed E-state index contributed by atoms with van der Waals surface area (Å²) in [5, 5.41) is 6.56. The lowest BCUT2D eigenvalue weighted by molar-refractivity contribution is 0.370. The fourth-order valence-corrected chi connectivity index (χ4v) is 3.79. The van der Waals surface area contributed by atoms with Crippen LogP contribution in [0.25, 0.3) is 0 Å². The second kappa shape index (κ2) is 7.78. The maximum Gasteiger partial charge on any atom is 0.222 e. The van der Waals surface area contributed by atoms with Gasteiger partial charge in [0, 0.05) is 25.3 Å². The number of rotatable bonds is 6. The number of piperidine rings is 1. The highest BCUT2D eigenvalue weighted by Crippen LogP contribution is 2.28. The molecule has 1 aromatic rings. The monoisotopic (exact) mass is 354 g/mol. The van der Waals surface area contributed by atoms with Crippen LogP contribution in [0, 0.1) is 5.41 Å². The summed E-state index contributed by atoms with van der Waals surface area (Å²) >= 11 is 0. The van der Waals surface area contributed by atoms with Gasteiger partial charge in [-0.15, -0.1) is 0 Å². The molecule has 0 bridgehead atoms. The number of aromatic nitrogens is 2. The van der Waals surface area contributed by atoms with E-state index < -0.39 is 9.84 Å². The van der Waals surface area contributed by atoms with Gasteiger partial charge in [0.05, 0.1) is 11.9 Å². The maximum atomic E-state index is 12.1. The van der Waals surface area contributed by atoms with Crippen molar-refractivity contribution in [3.8, 4) is 0 Å². The van der Waals surface area contributed by atoms with E-state index in [4.69, 9.17) is 0 Å². The quantitative estimate of drug-likeness (QED) is 0.764. The Morgan fingerprint density at radius 1 is 1.38 bits per heavy atom. The van der Waals surface area contributed by atoms with Crippen LogP contribution in [0.1, 0.15) is 58.1 Å². The second-order valence-electron chi connectivity index (χ2n) is 7.85. The molecule has 0 radical (unpaired) electrons. The van der Waals surface area contributed by atoms with Crippen molar-refractivity contribution in [1.82, 2.24) is 15.3 Å². The average Bonchev–Trinajstić information content (AvgIpc) is 2.50. The summed E-state index contributed by atoms with van der Waals surface area (Å²) in [7, 11) is -3.32. The maximum absolute atomic E-state index is 12.1. The molecule has 7 heteroatoms. The van der Waals surface area contributed by atoms with Gasteiger partial charge < -0.3 is 10.6 Å². The number of nitrogens with one attached hydrogen (secondary N) is 2. The summed E-state index contributed by atoms with van der Waals surface area (Å²) in [4.78, 5) is 9.03. The van der Waals surface area contributed by atoms with Crippen LogP contribution in [-0.4, -0.2) is 44.3 Å². The van der Waals surface area contributed by atoms with Crippen LogP contribution in [0.4, 0.5) is 5.95 Å². The first-order valence-electron chi connectivity index (χ1n) is 8.68. The molecular formula is C17H30N4O2S. The summed E-state index contributed by atoms with van der Waals surface area (Å²) in [6, 6.07) is 0. The Kier molecular flexibility index (Phi) is 6.20. The van der Waals surface area contributed by atoms with Crippen molar-refractivity contribution in [2.75, 3.05) is 31.2 Å². The minimum Gasteiger partial charge on any atom is -0.354 e. The van der Waals surface area contributed by atoms with Gasteiger partial charge in [0.15, 0.2) is 9.84 Å². The second-order valence-corrected chi connectivity index (χ2v) is 9.83. The third-order valence-electron chi connectivity index (χ3n) is 4.25. The van der Waals surface area contributed by atoms with Crippen molar-refractivity contribution in [3.05, 3.63) is 11.9 Å². The molecule has 24 heavy (non-hydrogen) atoms. The van der Waals surface area contributed by atoms with Crippen LogP contribution in [0.5, 0.6) is 0 Å². The standard InChI is InChI=1S/C17H30N4O2S/c1-17(2,3)8-6-10-19-16-20-12-14(24(4,22)23)15(21-16)13-7-5-9-18-11-13/h12-13,18H,5-11H2,1-4H3,(H,19,20,21). The fourth-order valence-electron chi connectivity index (χ4n) is 2.95. The van der Waals surface area contributed by atoms with E-state index in [2.05, 4.69) is 41.4 Å². The van der Waals surface area contributed by atoms with Crippen LogP contribution in [0.3, 0.4) is 0 Å². The van der Waals surface area contributed by atoms with E-state index in [1.54, 1.807) is 0 Å². The van der Waals surface area contributed by atoms with Crippen LogP contribution in [0.15, 0.2) is 11.1 Å². The van der Waals surface area contributed by atoms with Gasteiger partial charge in [0.25, 0.3) is 0 Å². The molecule has 0 amide bonds. The first kappa shape index (κ1) is 19.1. The SMILES string of the molecule is CC(C)(C)CCCNc1ncc(S(C)(=O)=O)c(C2CCCNC2)n1. The zero-order chi connectivity index (χ0) is 17.8. The lowest BCUT2D eigenvalue weighted by Crippen LogP contribution is -2.30. The molecule has 1 aliphatic rings. The van der Waals surface area contributed by atoms with E-state index in [1.165, 1.54) is 12.5 Å². The normalized spacial score (nSPS) is 19.2. The van der Waals surface area contributed by atoms with Gasteiger partial charge in [-0.25, -0.2) is 18.4 Å². The number of hydrogen-bond donors (Lipinski definition) is 2. The predicted molar refractivity (Wildman–Crippen MR) is 97.2 cm³/mol.